The molecule has 4 atom stereocenters. The molecule has 108 valence electrons. The van der Waals surface area contributed by atoms with E-state index in [9.17, 15) is 10.1 Å². The van der Waals surface area contributed by atoms with Crippen molar-refractivity contribution in [2.45, 2.75) is 38.6 Å². The van der Waals surface area contributed by atoms with Gasteiger partial charge in [-0.3, -0.25) is 10.1 Å². The van der Waals surface area contributed by atoms with Gasteiger partial charge in [0.05, 0.1) is 9.95 Å². The SMILES string of the molecule is CC(Nc1c(Cl)cccc1[N+](=O)[O-])C1CC2CCC1C2. The van der Waals surface area contributed by atoms with Crippen LogP contribution in [0.2, 0.25) is 5.02 Å². The molecule has 0 aromatic heterocycles. The summed E-state index contributed by atoms with van der Waals surface area (Å²) in [6.07, 6.45) is 5.25. The van der Waals surface area contributed by atoms with E-state index in [4.69, 9.17) is 11.6 Å². The molecular formula is C15H19ClN2O2. The third kappa shape index (κ3) is 2.37. The molecule has 20 heavy (non-hydrogen) atoms. The molecule has 0 heterocycles. The zero-order valence-corrected chi connectivity index (χ0v) is 12.3. The Hall–Kier alpha value is -1.29. The van der Waals surface area contributed by atoms with Gasteiger partial charge in [-0.15, -0.1) is 0 Å². The fraction of sp³-hybridized carbons (Fsp3) is 0.600. The largest absolute Gasteiger partial charge is 0.376 e. The fourth-order valence-corrected chi connectivity index (χ4v) is 4.27. The highest BCUT2D eigenvalue weighted by Crippen LogP contribution is 2.50. The first kappa shape index (κ1) is 13.7. The molecule has 3 rings (SSSR count). The number of nitrogens with one attached hydrogen (secondary N) is 1. The molecule has 1 aromatic rings. The van der Waals surface area contributed by atoms with Gasteiger partial charge in [0.1, 0.15) is 5.69 Å². The van der Waals surface area contributed by atoms with Crippen LogP contribution in [0.4, 0.5) is 11.4 Å². The lowest BCUT2D eigenvalue weighted by Crippen LogP contribution is -2.30. The number of rotatable bonds is 4. The van der Waals surface area contributed by atoms with E-state index >= 15 is 0 Å². The van der Waals surface area contributed by atoms with Crippen LogP contribution in [0.25, 0.3) is 0 Å². The Morgan fingerprint density at radius 2 is 2.20 bits per heavy atom. The number of halogens is 1. The van der Waals surface area contributed by atoms with Gasteiger partial charge < -0.3 is 5.32 Å². The zero-order chi connectivity index (χ0) is 14.3. The van der Waals surface area contributed by atoms with Crippen molar-refractivity contribution in [1.29, 1.82) is 0 Å². The third-order valence-corrected chi connectivity index (χ3v) is 5.31. The van der Waals surface area contributed by atoms with E-state index in [1.807, 2.05) is 0 Å². The molecule has 2 bridgehead atoms. The van der Waals surface area contributed by atoms with Gasteiger partial charge in [-0.25, -0.2) is 0 Å². The molecule has 4 nitrogen and oxygen atoms in total. The molecule has 1 N–H and O–H groups in total. The van der Waals surface area contributed by atoms with Crippen molar-refractivity contribution in [3.63, 3.8) is 0 Å². The van der Waals surface area contributed by atoms with Crippen molar-refractivity contribution < 1.29 is 4.92 Å². The van der Waals surface area contributed by atoms with Gasteiger partial charge in [-0.1, -0.05) is 24.1 Å². The number of nitro groups is 1. The Bertz CT molecular complexity index is 535. The van der Waals surface area contributed by atoms with E-state index in [1.165, 1.54) is 31.7 Å². The molecule has 4 unspecified atom stereocenters. The van der Waals surface area contributed by atoms with Gasteiger partial charge in [0.25, 0.3) is 5.69 Å². The molecule has 1 aromatic carbocycles. The topological polar surface area (TPSA) is 55.2 Å². The smallest absolute Gasteiger partial charge is 0.293 e. The minimum atomic E-state index is -0.373. The van der Waals surface area contributed by atoms with Crippen LogP contribution >= 0.6 is 11.6 Å². The highest BCUT2D eigenvalue weighted by atomic mass is 35.5. The molecule has 2 aliphatic rings. The standard InChI is InChI=1S/C15H19ClN2O2/c1-9(12-8-10-5-6-11(12)7-10)17-15-13(16)3-2-4-14(15)18(19)20/h2-4,9-12,17H,5-8H2,1H3. The van der Waals surface area contributed by atoms with Gasteiger partial charge in [0.2, 0.25) is 0 Å². The zero-order valence-electron chi connectivity index (χ0n) is 11.5. The van der Waals surface area contributed by atoms with Crippen LogP contribution < -0.4 is 5.32 Å². The number of benzene rings is 1. The second-order valence-corrected chi connectivity index (χ2v) is 6.57. The average Bonchev–Trinajstić information content (AvgIpc) is 3.03. The Morgan fingerprint density at radius 1 is 1.40 bits per heavy atom. The number of anilines is 1. The summed E-state index contributed by atoms with van der Waals surface area (Å²) in [5, 5.41) is 14.8. The van der Waals surface area contributed by atoms with Crippen molar-refractivity contribution in [2.75, 3.05) is 5.32 Å². The lowest BCUT2D eigenvalue weighted by atomic mass is 9.84. The predicted octanol–water partition coefficient (Wildman–Crippen LogP) is 4.48. The van der Waals surface area contributed by atoms with Crippen LogP contribution in [0, 0.1) is 27.9 Å². The van der Waals surface area contributed by atoms with Gasteiger partial charge in [0, 0.05) is 12.1 Å². The lowest BCUT2D eigenvalue weighted by molar-refractivity contribution is -0.384. The van der Waals surface area contributed by atoms with E-state index < -0.39 is 0 Å². The minimum Gasteiger partial charge on any atom is -0.376 e. The van der Waals surface area contributed by atoms with Gasteiger partial charge >= 0.3 is 0 Å². The van der Waals surface area contributed by atoms with Crippen LogP contribution in [0.5, 0.6) is 0 Å². The molecule has 0 aliphatic heterocycles. The third-order valence-electron chi connectivity index (χ3n) is 5.00. The maximum absolute atomic E-state index is 11.1. The van der Waals surface area contributed by atoms with Crippen LogP contribution in [-0.2, 0) is 0 Å². The maximum atomic E-state index is 11.1. The van der Waals surface area contributed by atoms with Crippen molar-refractivity contribution in [3.8, 4) is 0 Å². The first-order chi connectivity index (χ1) is 9.56. The molecule has 2 saturated carbocycles. The first-order valence-electron chi connectivity index (χ1n) is 7.25. The number of hydrogen-bond acceptors (Lipinski definition) is 3. The summed E-state index contributed by atoms with van der Waals surface area (Å²) in [4.78, 5) is 10.7. The normalized spacial score (nSPS) is 29.4. The summed E-state index contributed by atoms with van der Waals surface area (Å²) in [5.41, 5.74) is 0.530. The Kier molecular flexibility index (Phi) is 3.59. The number of fused-ring (bicyclic) bond motifs is 2. The van der Waals surface area contributed by atoms with Crippen molar-refractivity contribution in [3.05, 3.63) is 33.3 Å². The second kappa shape index (κ2) is 5.24. The van der Waals surface area contributed by atoms with Crippen molar-refractivity contribution >= 4 is 23.0 Å². The van der Waals surface area contributed by atoms with E-state index in [1.54, 1.807) is 12.1 Å². The monoisotopic (exact) mass is 294 g/mol. The van der Waals surface area contributed by atoms with Gasteiger partial charge in [-0.05, 0) is 50.0 Å². The second-order valence-electron chi connectivity index (χ2n) is 6.16. The summed E-state index contributed by atoms with van der Waals surface area (Å²) in [5.74, 6) is 2.27. The van der Waals surface area contributed by atoms with Crippen LogP contribution in [0.15, 0.2) is 18.2 Å². The average molecular weight is 295 g/mol. The van der Waals surface area contributed by atoms with Crippen LogP contribution in [0.1, 0.15) is 32.6 Å². The summed E-state index contributed by atoms with van der Waals surface area (Å²) in [6, 6.07) is 5.05. The molecule has 0 radical (unpaired) electrons. The number of para-hydroxylation sites is 1. The molecule has 0 saturated heterocycles. The van der Waals surface area contributed by atoms with Crippen LogP contribution in [-0.4, -0.2) is 11.0 Å². The quantitative estimate of drug-likeness (QED) is 0.658. The van der Waals surface area contributed by atoms with E-state index in [0.717, 1.165) is 11.8 Å². The fourth-order valence-electron chi connectivity index (χ4n) is 4.05. The highest BCUT2D eigenvalue weighted by molar-refractivity contribution is 6.33. The summed E-state index contributed by atoms with van der Waals surface area (Å²) < 4.78 is 0. The Balaban J connectivity index is 1.79. The summed E-state index contributed by atoms with van der Waals surface area (Å²) in [6.45, 7) is 2.12. The van der Waals surface area contributed by atoms with Crippen LogP contribution in [0.3, 0.4) is 0 Å². The Morgan fingerprint density at radius 3 is 2.80 bits per heavy atom. The molecule has 2 aliphatic carbocycles. The number of nitrogens with zero attached hydrogens (tertiary/aromatic N) is 1. The maximum Gasteiger partial charge on any atom is 0.293 e. The summed E-state index contributed by atoms with van der Waals surface area (Å²) in [7, 11) is 0. The van der Waals surface area contributed by atoms with Gasteiger partial charge in [0.15, 0.2) is 0 Å². The first-order valence-corrected chi connectivity index (χ1v) is 7.63. The number of nitro benzene ring substituents is 1. The highest BCUT2D eigenvalue weighted by Gasteiger charge is 2.42. The van der Waals surface area contributed by atoms with Crippen molar-refractivity contribution in [2.24, 2.45) is 17.8 Å². The molecule has 2 fully saturated rings. The van der Waals surface area contributed by atoms with E-state index in [2.05, 4.69) is 12.2 Å². The molecule has 0 amide bonds. The molecular weight excluding hydrogens is 276 g/mol. The summed E-state index contributed by atoms with van der Waals surface area (Å²) >= 11 is 6.14. The predicted molar refractivity (Wildman–Crippen MR) is 80.1 cm³/mol. The molecule has 5 heteroatoms. The minimum absolute atomic E-state index is 0.0625. The van der Waals surface area contributed by atoms with Gasteiger partial charge in [-0.2, -0.15) is 0 Å². The lowest BCUT2D eigenvalue weighted by Gasteiger charge is -2.29. The van der Waals surface area contributed by atoms with Crippen molar-refractivity contribution in [1.82, 2.24) is 0 Å². The van der Waals surface area contributed by atoms with E-state index in [0.29, 0.717) is 16.6 Å². The Labute approximate surface area is 123 Å². The number of hydrogen-bond donors (Lipinski definition) is 1. The molecule has 0 spiro atoms. The van der Waals surface area contributed by atoms with E-state index in [-0.39, 0.29) is 16.7 Å².